The van der Waals surface area contributed by atoms with Crippen LogP contribution in [0, 0.1) is 10.5 Å². The molecule has 0 N–H and O–H groups in total. The minimum atomic E-state index is 0.813. The van der Waals surface area contributed by atoms with Crippen molar-refractivity contribution in [2.24, 2.45) is 0 Å². The SMILES string of the molecule is Cc1cc(N2CCOCC2)c2ccc(I)cc2n1. The standard InChI is InChI=1S/C14H15IN2O/c1-10-8-14(17-4-6-18-7-5-17)12-3-2-11(15)9-13(12)16-10/h2-3,8-9H,4-7H2,1H3. The number of aryl methyl sites for hydroxylation is 1. The first kappa shape index (κ1) is 12.2. The van der Waals surface area contributed by atoms with Gasteiger partial charge < -0.3 is 9.64 Å². The monoisotopic (exact) mass is 354 g/mol. The molecule has 18 heavy (non-hydrogen) atoms. The van der Waals surface area contributed by atoms with Gasteiger partial charge in [-0.25, -0.2) is 0 Å². The zero-order valence-corrected chi connectivity index (χ0v) is 12.5. The van der Waals surface area contributed by atoms with Crippen molar-refractivity contribution in [2.45, 2.75) is 6.92 Å². The summed E-state index contributed by atoms with van der Waals surface area (Å²) in [6, 6.07) is 8.64. The smallest absolute Gasteiger partial charge is 0.0736 e. The van der Waals surface area contributed by atoms with Crippen molar-refractivity contribution >= 4 is 39.2 Å². The Labute approximate surface area is 120 Å². The molecule has 0 saturated carbocycles. The van der Waals surface area contributed by atoms with Gasteiger partial charge >= 0.3 is 0 Å². The Balaban J connectivity index is 2.14. The van der Waals surface area contributed by atoms with E-state index in [-0.39, 0.29) is 0 Å². The molecule has 3 rings (SSSR count). The summed E-state index contributed by atoms with van der Waals surface area (Å²) in [5.74, 6) is 0. The average molecular weight is 354 g/mol. The van der Waals surface area contributed by atoms with Gasteiger partial charge in [-0.3, -0.25) is 4.98 Å². The van der Waals surface area contributed by atoms with Crippen molar-refractivity contribution in [3.8, 4) is 0 Å². The molecule has 0 spiro atoms. The van der Waals surface area contributed by atoms with E-state index in [0.717, 1.165) is 37.5 Å². The van der Waals surface area contributed by atoms with E-state index in [1.807, 2.05) is 0 Å². The van der Waals surface area contributed by atoms with Gasteiger partial charge in [0, 0.05) is 33.4 Å². The number of hydrogen-bond acceptors (Lipinski definition) is 3. The number of ether oxygens (including phenoxy) is 1. The van der Waals surface area contributed by atoms with E-state index in [9.17, 15) is 0 Å². The summed E-state index contributed by atoms with van der Waals surface area (Å²) < 4.78 is 6.65. The quantitative estimate of drug-likeness (QED) is 0.737. The Kier molecular flexibility index (Phi) is 3.39. The van der Waals surface area contributed by atoms with Crippen molar-refractivity contribution in [2.75, 3.05) is 31.2 Å². The van der Waals surface area contributed by atoms with E-state index in [4.69, 9.17) is 4.74 Å². The lowest BCUT2D eigenvalue weighted by Gasteiger charge is -2.30. The highest BCUT2D eigenvalue weighted by molar-refractivity contribution is 14.1. The molecule has 0 atom stereocenters. The van der Waals surface area contributed by atoms with E-state index in [1.54, 1.807) is 0 Å². The van der Waals surface area contributed by atoms with Crippen LogP contribution in [0.3, 0.4) is 0 Å². The lowest BCUT2D eigenvalue weighted by Crippen LogP contribution is -2.36. The Bertz CT molecular complexity index is 574. The van der Waals surface area contributed by atoms with Crippen molar-refractivity contribution in [3.63, 3.8) is 0 Å². The van der Waals surface area contributed by atoms with Crippen LogP contribution >= 0.6 is 22.6 Å². The molecule has 0 bridgehead atoms. The molecular formula is C14H15IN2O. The van der Waals surface area contributed by atoms with Gasteiger partial charge in [-0.1, -0.05) is 0 Å². The molecule has 0 radical (unpaired) electrons. The Morgan fingerprint density at radius 1 is 1.22 bits per heavy atom. The molecule has 1 aliphatic heterocycles. The third-order valence-corrected chi connectivity index (χ3v) is 3.90. The topological polar surface area (TPSA) is 25.4 Å². The van der Waals surface area contributed by atoms with Crippen LogP contribution in [0.25, 0.3) is 10.9 Å². The molecule has 3 nitrogen and oxygen atoms in total. The van der Waals surface area contributed by atoms with Crippen LogP contribution in [-0.4, -0.2) is 31.3 Å². The maximum atomic E-state index is 5.42. The van der Waals surface area contributed by atoms with Crippen molar-refractivity contribution < 1.29 is 4.74 Å². The van der Waals surface area contributed by atoms with Crippen LogP contribution < -0.4 is 4.90 Å². The third kappa shape index (κ3) is 2.31. The van der Waals surface area contributed by atoms with Crippen LogP contribution in [0.15, 0.2) is 24.3 Å². The molecule has 0 unspecified atom stereocenters. The third-order valence-electron chi connectivity index (χ3n) is 3.23. The molecule has 1 aromatic heterocycles. The number of anilines is 1. The molecule has 2 aromatic rings. The number of hydrogen-bond donors (Lipinski definition) is 0. The lowest BCUT2D eigenvalue weighted by atomic mass is 10.1. The summed E-state index contributed by atoms with van der Waals surface area (Å²) in [7, 11) is 0. The molecule has 0 amide bonds. The Morgan fingerprint density at radius 2 is 2.00 bits per heavy atom. The molecule has 1 aromatic carbocycles. The Morgan fingerprint density at radius 3 is 2.78 bits per heavy atom. The lowest BCUT2D eigenvalue weighted by molar-refractivity contribution is 0.123. The zero-order chi connectivity index (χ0) is 12.5. The summed E-state index contributed by atoms with van der Waals surface area (Å²) in [6.07, 6.45) is 0. The van der Waals surface area contributed by atoms with Gasteiger partial charge in [0.15, 0.2) is 0 Å². The van der Waals surface area contributed by atoms with Gasteiger partial charge in [-0.2, -0.15) is 0 Å². The van der Waals surface area contributed by atoms with Gasteiger partial charge in [-0.05, 0) is 53.8 Å². The summed E-state index contributed by atoms with van der Waals surface area (Å²) in [5.41, 5.74) is 3.45. The molecule has 0 aliphatic carbocycles. The van der Waals surface area contributed by atoms with E-state index in [0.29, 0.717) is 0 Å². The molecule has 1 fully saturated rings. The van der Waals surface area contributed by atoms with Crippen LogP contribution in [0.1, 0.15) is 5.69 Å². The van der Waals surface area contributed by atoms with E-state index in [1.165, 1.54) is 14.6 Å². The predicted octanol–water partition coefficient (Wildman–Crippen LogP) is 2.98. The maximum Gasteiger partial charge on any atom is 0.0736 e. The van der Waals surface area contributed by atoms with E-state index < -0.39 is 0 Å². The normalized spacial score (nSPS) is 16.2. The number of fused-ring (bicyclic) bond motifs is 1. The second-order valence-corrected chi connectivity index (χ2v) is 5.79. The second-order valence-electron chi connectivity index (χ2n) is 4.54. The second kappa shape index (κ2) is 5.01. The van der Waals surface area contributed by atoms with Gasteiger partial charge in [-0.15, -0.1) is 0 Å². The van der Waals surface area contributed by atoms with Gasteiger partial charge in [0.25, 0.3) is 0 Å². The molecule has 4 heteroatoms. The number of rotatable bonds is 1. The van der Waals surface area contributed by atoms with E-state index >= 15 is 0 Å². The fraction of sp³-hybridized carbons (Fsp3) is 0.357. The molecular weight excluding hydrogens is 339 g/mol. The number of nitrogens with zero attached hydrogens (tertiary/aromatic N) is 2. The molecule has 2 heterocycles. The number of morpholine rings is 1. The van der Waals surface area contributed by atoms with Crippen LogP contribution in [-0.2, 0) is 4.74 Å². The summed E-state index contributed by atoms with van der Waals surface area (Å²) >= 11 is 2.33. The first-order valence-corrected chi connectivity index (χ1v) is 7.21. The van der Waals surface area contributed by atoms with Crippen LogP contribution in [0.2, 0.25) is 0 Å². The average Bonchev–Trinajstić information content (AvgIpc) is 2.38. The van der Waals surface area contributed by atoms with Crippen molar-refractivity contribution in [3.05, 3.63) is 33.5 Å². The number of benzene rings is 1. The fourth-order valence-corrected chi connectivity index (χ4v) is 2.85. The minimum absolute atomic E-state index is 0.813. The van der Waals surface area contributed by atoms with Gasteiger partial charge in [0.05, 0.1) is 18.7 Å². The van der Waals surface area contributed by atoms with Gasteiger partial charge in [0.2, 0.25) is 0 Å². The van der Waals surface area contributed by atoms with Gasteiger partial charge in [0.1, 0.15) is 0 Å². The molecule has 1 aliphatic rings. The van der Waals surface area contributed by atoms with Crippen molar-refractivity contribution in [1.82, 2.24) is 4.98 Å². The van der Waals surface area contributed by atoms with Crippen LogP contribution in [0.4, 0.5) is 5.69 Å². The predicted molar refractivity (Wildman–Crippen MR) is 82.2 cm³/mol. The summed E-state index contributed by atoms with van der Waals surface area (Å²) in [5, 5.41) is 1.24. The molecule has 94 valence electrons. The maximum absolute atomic E-state index is 5.42. The zero-order valence-electron chi connectivity index (χ0n) is 10.3. The largest absolute Gasteiger partial charge is 0.378 e. The van der Waals surface area contributed by atoms with E-state index in [2.05, 4.69) is 63.7 Å². The highest BCUT2D eigenvalue weighted by Crippen LogP contribution is 2.28. The summed E-state index contributed by atoms with van der Waals surface area (Å²) in [6.45, 7) is 5.61. The molecule has 1 saturated heterocycles. The number of halogens is 1. The Hall–Kier alpha value is -0.880. The first-order chi connectivity index (χ1) is 8.74. The summed E-state index contributed by atoms with van der Waals surface area (Å²) in [4.78, 5) is 7.03. The van der Waals surface area contributed by atoms with Crippen molar-refractivity contribution in [1.29, 1.82) is 0 Å². The number of aromatic nitrogens is 1. The van der Waals surface area contributed by atoms with Crippen LogP contribution in [0.5, 0.6) is 0 Å². The first-order valence-electron chi connectivity index (χ1n) is 6.13. The highest BCUT2D eigenvalue weighted by Gasteiger charge is 2.15. The fourth-order valence-electron chi connectivity index (χ4n) is 2.38. The minimum Gasteiger partial charge on any atom is -0.378 e. The highest BCUT2D eigenvalue weighted by atomic mass is 127. The number of pyridine rings is 1.